The topological polar surface area (TPSA) is 62.1 Å². The van der Waals surface area contributed by atoms with E-state index in [9.17, 15) is 14.4 Å². The van der Waals surface area contributed by atoms with Crippen LogP contribution in [0.5, 0.6) is 5.75 Å². The third-order valence-electron chi connectivity index (χ3n) is 4.14. The number of carbonyl (C=O) groups excluding carboxylic acids is 1. The molecule has 1 N–H and O–H groups in total. The second kappa shape index (κ2) is 10.5. The van der Waals surface area contributed by atoms with E-state index < -0.39 is 11.7 Å². The molecule has 3 aromatic carbocycles. The highest BCUT2D eigenvalue weighted by Gasteiger charge is 2.13. The predicted octanol–water partition coefficient (Wildman–Crippen LogP) is 7.02. The maximum atomic E-state index is 13.0. The van der Waals surface area contributed by atoms with Crippen molar-refractivity contribution in [1.29, 1.82) is 5.26 Å². The highest BCUT2D eigenvalue weighted by Crippen LogP contribution is 2.28. The fraction of sp³-hybridized carbons (Fsp3) is 0.0435. The number of amides is 1. The molecule has 1 amide bonds. The van der Waals surface area contributed by atoms with Crippen molar-refractivity contribution in [2.75, 3.05) is 5.32 Å². The van der Waals surface area contributed by atoms with Crippen LogP contribution >= 0.6 is 39.1 Å². The Morgan fingerprint density at radius 3 is 2.55 bits per heavy atom. The first-order valence-corrected chi connectivity index (χ1v) is 10.5. The number of hydrogen-bond acceptors (Lipinski definition) is 3. The van der Waals surface area contributed by atoms with Crippen molar-refractivity contribution in [3.05, 3.63) is 97.7 Å². The maximum Gasteiger partial charge on any atom is 0.266 e. The molecule has 3 aromatic rings. The van der Waals surface area contributed by atoms with Crippen LogP contribution in [0.2, 0.25) is 10.0 Å². The van der Waals surface area contributed by atoms with Crippen molar-refractivity contribution in [3.63, 3.8) is 0 Å². The van der Waals surface area contributed by atoms with Gasteiger partial charge in [-0.3, -0.25) is 4.79 Å². The van der Waals surface area contributed by atoms with Crippen molar-refractivity contribution in [3.8, 4) is 11.8 Å². The second-order valence-corrected chi connectivity index (χ2v) is 8.10. The second-order valence-electron chi connectivity index (χ2n) is 6.34. The summed E-state index contributed by atoms with van der Waals surface area (Å²) in [7, 11) is 0. The van der Waals surface area contributed by atoms with Crippen LogP contribution in [-0.4, -0.2) is 5.91 Å². The molecule has 0 saturated carbocycles. The van der Waals surface area contributed by atoms with E-state index in [-0.39, 0.29) is 12.2 Å². The van der Waals surface area contributed by atoms with Crippen LogP contribution in [0.25, 0.3) is 6.08 Å². The summed E-state index contributed by atoms with van der Waals surface area (Å²) in [5, 5.41) is 13.0. The van der Waals surface area contributed by atoms with Crippen LogP contribution in [0, 0.1) is 17.1 Å². The Balaban J connectivity index is 1.83. The lowest BCUT2D eigenvalue weighted by Gasteiger charge is -2.12. The third-order valence-corrected chi connectivity index (χ3v) is 5.22. The predicted molar refractivity (Wildman–Crippen MR) is 124 cm³/mol. The molecule has 0 unspecified atom stereocenters. The molecule has 0 aliphatic heterocycles. The van der Waals surface area contributed by atoms with E-state index in [1.807, 2.05) is 6.07 Å². The Labute approximate surface area is 197 Å². The van der Waals surface area contributed by atoms with Crippen molar-refractivity contribution >= 4 is 56.8 Å². The zero-order valence-corrected chi connectivity index (χ0v) is 18.9. The summed E-state index contributed by atoms with van der Waals surface area (Å²) in [5.41, 5.74) is 1.48. The van der Waals surface area contributed by atoms with Gasteiger partial charge in [-0.1, -0.05) is 45.2 Å². The molecular weight excluding hydrogens is 506 g/mol. The lowest BCUT2D eigenvalue weighted by molar-refractivity contribution is -0.112. The minimum Gasteiger partial charge on any atom is -0.488 e. The van der Waals surface area contributed by atoms with Crippen molar-refractivity contribution in [1.82, 2.24) is 0 Å². The minimum atomic E-state index is -0.624. The van der Waals surface area contributed by atoms with Crippen LogP contribution in [-0.2, 0) is 11.4 Å². The van der Waals surface area contributed by atoms with E-state index in [1.54, 1.807) is 36.4 Å². The average Bonchev–Trinajstić information content (AvgIpc) is 2.74. The van der Waals surface area contributed by atoms with Gasteiger partial charge in [0.1, 0.15) is 29.8 Å². The molecule has 0 radical (unpaired) electrons. The number of carbonyl (C=O) groups is 1. The minimum absolute atomic E-state index is 0.142. The molecule has 156 valence electrons. The molecule has 0 aromatic heterocycles. The molecular formula is C23H14BrCl2FN2O2. The van der Waals surface area contributed by atoms with Gasteiger partial charge >= 0.3 is 0 Å². The first-order valence-electron chi connectivity index (χ1n) is 8.90. The van der Waals surface area contributed by atoms with E-state index in [1.165, 1.54) is 30.3 Å². The van der Waals surface area contributed by atoms with Gasteiger partial charge in [-0.25, -0.2) is 4.39 Å². The number of halogens is 4. The van der Waals surface area contributed by atoms with Crippen LogP contribution in [0.1, 0.15) is 11.1 Å². The Bertz CT molecular complexity index is 1190. The third kappa shape index (κ3) is 6.31. The number of benzene rings is 3. The fourth-order valence-electron chi connectivity index (χ4n) is 2.59. The van der Waals surface area contributed by atoms with Gasteiger partial charge < -0.3 is 10.1 Å². The van der Waals surface area contributed by atoms with Gasteiger partial charge in [0.15, 0.2) is 0 Å². The lowest BCUT2D eigenvalue weighted by atomic mass is 10.1. The summed E-state index contributed by atoms with van der Waals surface area (Å²) in [6, 6.07) is 17.4. The molecule has 0 bridgehead atoms. The van der Waals surface area contributed by atoms with Crippen molar-refractivity contribution < 1.29 is 13.9 Å². The molecule has 0 heterocycles. The summed E-state index contributed by atoms with van der Waals surface area (Å²) in [6.07, 6.45) is 1.42. The van der Waals surface area contributed by atoms with Crippen LogP contribution < -0.4 is 10.1 Å². The highest BCUT2D eigenvalue weighted by molar-refractivity contribution is 9.10. The van der Waals surface area contributed by atoms with Crippen molar-refractivity contribution in [2.24, 2.45) is 0 Å². The molecule has 0 atom stereocenters. The quantitative estimate of drug-likeness (QED) is 0.281. The van der Waals surface area contributed by atoms with Crippen LogP contribution in [0.4, 0.5) is 10.1 Å². The lowest BCUT2D eigenvalue weighted by Crippen LogP contribution is -2.13. The van der Waals surface area contributed by atoms with Gasteiger partial charge in [-0.05, 0) is 60.7 Å². The number of anilines is 1. The summed E-state index contributed by atoms with van der Waals surface area (Å²) in [5.74, 6) is -0.594. The van der Waals surface area contributed by atoms with Gasteiger partial charge in [-0.15, -0.1) is 0 Å². The Morgan fingerprint density at radius 1 is 1.13 bits per heavy atom. The smallest absolute Gasteiger partial charge is 0.266 e. The summed E-state index contributed by atoms with van der Waals surface area (Å²) in [6.45, 7) is 0.169. The van der Waals surface area contributed by atoms with Gasteiger partial charge in [0.05, 0.1) is 0 Å². The van der Waals surface area contributed by atoms with Crippen LogP contribution in [0.15, 0.2) is 70.7 Å². The standard InChI is InChI=1S/C23H14BrCl2FN2O2/c24-17-2-8-22(31-13-14-1-3-18(25)11-21(14)26)15(10-17)9-16(12-28)23(30)29-20-6-4-19(27)5-7-20/h1-11H,13H2,(H,29,30)/b16-9+. The normalized spacial score (nSPS) is 11.0. The number of rotatable bonds is 6. The largest absolute Gasteiger partial charge is 0.488 e. The molecule has 8 heteroatoms. The van der Waals surface area contributed by atoms with E-state index >= 15 is 0 Å². The number of ether oxygens (including phenoxy) is 1. The van der Waals surface area contributed by atoms with Gasteiger partial charge in [0.25, 0.3) is 5.91 Å². The molecule has 0 saturated heterocycles. The maximum absolute atomic E-state index is 13.0. The zero-order valence-electron chi connectivity index (χ0n) is 15.8. The Morgan fingerprint density at radius 2 is 1.87 bits per heavy atom. The van der Waals surface area contributed by atoms with Crippen LogP contribution in [0.3, 0.4) is 0 Å². The molecule has 0 aliphatic rings. The first kappa shape index (κ1) is 22.8. The fourth-order valence-corrected chi connectivity index (χ4v) is 3.44. The molecule has 0 fully saturated rings. The molecule has 0 spiro atoms. The summed E-state index contributed by atoms with van der Waals surface area (Å²) < 4.78 is 19.7. The number of nitrogens with zero attached hydrogens (tertiary/aromatic N) is 1. The Hall–Kier alpha value is -2.85. The van der Waals surface area contributed by atoms with Gasteiger partial charge in [0, 0.05) is 31.3 Å². The summed E-state index contributed by atoms with van der Waals surface area (Å²) in [4.78, 5) is 12.5. The van der Waals surface area contributed by atoms with Crippen molar-refractivity contribution in [2.45, 2.75) is 6.61 Å². The highest BCUT2D eigenvalue weighted by atomic mass is 79.9. The zero-order chi connectivity index (χ0) is 22.4. The van der Waals surface area contributed by atoms with E-state index in [2.05, 4.69) is 21.2 Å². The van der Waals surface area contributed by atoms with E-state index in [4.69, 9.17) is 27.9 Å². The average molecular weight is 520 g/mol. The van der Waals surface area contributed by atoms with E-state index in [0.717, 1.165) is 10.0 Å². The Kier molecular flexibility index (Phi) is 7.69. The first-order chi connectivity index (χ1) is 14.9. The van der Waals surface area contributed by atoms with E-state index in [0.29, 0.717) is 27.0 Å². The number of hydrogen-bond donors (Lipinski definition) is 1. The molecule has 3 rings (SSSR count). The molecule has 0 aliphatic carbocycles. The number of nitrogens with one attached hydrogen (secondary N) is 1. The SMILES string of the molecule is N#C/C(=C\c1cc(Br)ccc1OCc1ccc(Cl)cc1Cl)C(=O)Nc1ccc(F)cc1. The van der Waals surface area contributed by atoms with Gasteiger partial charge in [0.2, 0.25) is 0 Å². The summed E-state index contributed by atoms with van der Waals surface area (Å²) >= 11 is 15.5. The molecule has 4 nitrogen and oxygen atoms in total. The monoisotopic (exact) mass is 518 g/mol. The van der Waals surface area contributed by atoms with Gasteiger partial charge in [-0.2, -0.15) is 5.26 Å². The molecule has 31 heavy (non-hydrogen) atoms. The number of nitriles is 1.